The summed E-state index contributed by atoms with van der Waals surface area (Å²) >= 11 is 1.99. The maximum atomic E-state index is 12.3. The lowest BCUT2D eigenvalue weighted by Gasteiger charge is -2.13. The number of amides is 1. The Morgan fingerprint density at radius 2 is 1.96 bits per heavy atom. The fourth-order valence-corrected chi connectivity index (χ4v) is 3.16. The van der Waals surface area contributed by atoms with Gasteiger partial charge >= 0.3 is 5.97 Å². The Bertz CT molecular complexity index is 690. The zero-order valence-corrected chi connectivity index (χ0v) is 15.0. The van der Waals surface area contributed by atoms with Crippen molar-refractivity contribution in [1.82, 2.24) is 0 Å². The number of carbonyl (C=O) groups is 2. The van der Waals surface area contributed by atoms with Gasteiger partial charge in [-0.05, 0) is 49.1 Å². The molecule has 1 N–H and O–H groups in total. The molecule has 25 heavy (non-hydrogen) atoms. The van der Waals surface area contributed by atoms with E-state index in [1.54, 1.807) is 11.3 Å². The molecule has 0 fully saturated rings. The van der Waals surface area contributed by atoms with E-state index in [4.69, 9.17) is 4.74 Å². The minimum Gasteiger partial charge on any atom is -0.453 e. The maximum absolute atomic E-state index is 12.3. The van der Waals surface area contributed by atoms with Crippen LogP contribution in [0.15, 0.2) is 46.7 Å². The van der Waals surface area contributed by atoms with E-state index in [0.29, 0.717) is 28.8 Å². The third kappa shape index (κ3) is 6.83. The van der Waals surface area contributed by atoms with Gasteiger partial charge < -0.3 is 10.1 Å². The van der Waals surface area contributed by atoms with Crippen molar-refractivity contribution >= 4 is 40.7 Å². The summed E-state index contributed by atoms with van der Waals surface area (Å²) in [6.07, 6.45) is -0.155. The van der Waals surface area contributed by atoms with E-state index in [2.05, 4.69) is 5.32 Å². The Morgan fingerprint density at radius 3 is 2.56 bits per heavy atom. The number of thioether (sulfide) groups is 1. The number of alkyl halides is 2. The molecular weight excluding hydrogens is 368 g/mol. The van der Waals surface area contributed by atoms with E-state index in [-0.39, 0.29) is 6.42 Å². The Labute approximate surface area is 152 Å². The molecule has 0 saturated carbocycles. The van der Waals surface area contributed by atoms with Crippen molar-refractivity contribution in [3.8, 4) is 0 Å². The van der Waals surface area contributed by atoms with Crippen LogP contribution in [0.5, 0.6) is 0 Å². The van der Waals surface area contributed by atoms with Crippen LogP contribution < -0.4 is 5.32 Å². The van der Waals surface area contributed by atoms with Crippen LogP contribution in [0.1, 0.15) is 18.2 Å². The number of thiophene rings is 1. The Morgan fingerprint density at radius 1 is 1.24 bits per heavy atom. The smallest absolute Gasteiger partial charge is 0.306 e. The average molecular weight is 385 g/mol. The summed E-state index contributed by atoms with van der Waals surface area (Å²) in [6, 6.07) is 9.87. The van der Waals surface area contributed by atoms with E-state index in [1.807, 2.05) is 17.5 Å². The lowest BCUT2D eigenvalue weighted by atomic mass is 10.2. The molecule has 0 bridgehead atoms. The summed E-state index contributed by atoms with van der Waals surface area (Å²) in [5, 5.41) is 4.52. The molecule has 8 heteroatoms. The van der Waals surface area contributed by atoms with Gasteiger partial charge in [-0.15, -0.1) is 11.3 Å². The zero-order chi connectivity index (χ0) is 18.2. The number of aryl methyl sites for hydroxylation is 1. The molecule has 1 amide bonds. The molecule has 2 aromatic rings. The van der Waals surface area contributed by atoms with Crippen LogP contribution in [0, 0.1) is 0 Å². The van der Waals surface area contributed by atoms with Crippen molar-refractivity contribution in [2.24, 2.45) is 0 Å². The minimum absolute atomic E-state index is 0.206. The molecule has 2 rings (SSSR count). The number of anilines is 1. The normalized spacial score (nSPS) is 12.0. The first kappa shape index (κ1) is 19.4. The molecule has 1 aromatic heterocycles. The van der Waals surface area contributed by atoms with Gasteiger partial charge in [-0.1, -0.05) is 17.8 Å². The molecule has 4 nitrogen and oxygen atoms in total. The van der Waals surface area contributed by atoms with Crippen LogP contribution in [0.3, 0.4) is 0 Å². The van der Waals surface area contributed by atoms with Crippen molar-refractivity contribution in [2.45, 2.75) is 36.5 Å². The van der Waals surface area contributed by atoms with E-state index >= 15 is 0 Å². The summed E-state index contributed by atoms with van der Waals surface area (Å²) in [6.45, 7) is 1.49. The van der Waals surface area contributed by atoms with Crippen LogP contribution in [-0.4, -0.2) is 23.7 Å². The highest BCUT2D eigenvalue weighted by Gasteiger charge is 2.18. The van der Waals surface area contributed by atoms with Crippen molar-refractivity contribution < 1.29 is 23.1 Å². The average Bonchev–Trinajstić information content (AvgIpc) is 3.07. The van der Waals surface area contributed by atoms with Crippen LogP contribution >= 0.6 is 23.1 Å². The Balaban J connectivity index is 1.78. The first-order valence-corrected chi connectivity index (χ1v) is 9.27. The molecule has 0 saturated heterocycles. The minimum atomic E-state index is -2.49. The number of hydrogen-bond acceptors (Lipinski definition) is 5. The van der Waals surface area contributed by atoms with Gasteiger partial charge in [0, 0.05) is 15.5 Å². The van der Waals surface area contributed by atoms with Crippen LogP contribution in [-0.2, 0) is 20.7 Å². The number of carbonyl (C=O) groups excluding carboxylic acids is 2. The van der Waals surface area contributed by atoms with E-state index < -0.39 is 23.7 Å². The second-order valence-corrected chi connectivity index (χ2v) is 7.20. The summed E-state index contributed by atoms with van der Waals surface area (Å²) in [7, 11) is 0. The van der Waals surface area contributed by atoms with E-state index in [9.17, 15) is 18.4 Å². The second-order valence-electron chi connectivity index (χ2n) is 5.10. The van der Waals surface area contributed by atoms with Gasteiger partial charge in [-0.25, -0.2) is 0 Å². The zero-order valence-electron chi connectivity index (χ0n) is 13.4. The highest BCUT2D eigenvalue weighted by molar-refractivity contribution is 7.99. The quantitative estimate of drug-likeness (QED) is 0.534. The van der Waals surface area contributed by atoms with Gasteiger partial charge in [0.2, 0.25) is 0 Å². The van der Waals surface area contributed by atoms with E-state index in [0.717, 1.165) is 4.88 Å². The number of nitrogens with one attached hydrogen (secondary N) is 1. The molecule has 0 unspecified atom stereocenters. The molecule has 0 radical (unpaired) electrons. The number of halogens is 2. The number of ether oxygens (including phenoxy) is 1. The first-order chi connectivity index (χ1) is 11.9. The monoisotopic (exact) mass is 385 g/mol. The molecule has 1 atom stereocenters. The summed E-state index contributed by atoms with van der Waals surface area (Å²) in [5.41, 5.74) is 0.449. The lowest BCUT2D eigenvalue weighted by Crippen LogP contribution is -2.30. The van der Waals surface area contributed by atoms with Crippen molar-refractivity contribution in [3.05, 3.63) is 46.7 Å². The molecule has 1 aromatic carbocycles. The van der Waals surface area contributed by atoms with Gasteiger partial charge in [0.15, 0.2) is 6.10 Å². The van der Waals surface area contributed by atoms with Crippen LogP contribution in [0.2, 0.25) is 0 Å². The Hall–Kier alpha value is -1.93. The first-order valence-electron chi connectivity index (χ1n) is 7.51. The Kier molecular flexibility index (Phi) is 7.39. The standard InChI is InChI=1S/C17H17F2NO3S2/c1-11(23-15(21)9-8-13-3-2-10-24-13)16(22)20-12-4-6-14(7-5-12)25-17(18)19/h2-7,10-11,17H,8-9H2,1H3,(H,20,22)/t11-/m1/s1. The number of benzene rings is 1. The fourth-order valence-electron chi connectivity index (χ4n) is 1.95. The SMILES string of the molecule is C[C@@H](OC(=O)CCc1cccs1)C(=O)Nc1ccc(SC(F)F)cc1. The number of rotatable bonds is 8. The number of hydrogen-bond donors (Lipinski definition) is 1. The molecule has 0 aliphatic carbocycles. The number of esters is 1. The maximum Gasteiger partial charge on any atom is 0.306 e. The summed E-state index contributed by atoms with van der Waals surface area (Å²) < 4.78 is 29.6. The topological polar surface area (TPSA) is 55.4 Å². The van der Waals surface area contributed by atoms with Gasteiger partial charge in [0.05, 0.1) is 6.42 Å². The fraction of sp³-hybridized carbons (Fsp3) is 0.294. The molecule has 0 aliphatic heterocycles. The highest BCUT2D eigenvalue weighted by atomic mass is 32.2. The lowest BCUT2D eigenvalue weighted by molar-refractivity contribution is -0.153. The van der Waals surface area contributed by atoms with Crippen molar-refractivity contribution in [1.29, 1.82) is 0 Å². The van der Waals surface area contributed by atoms with Gasteiger partial charge in [0.1, 0.15) is 0 Å². The summed E-state index contributed by atoms with van der Waals surface area (Å²) in [4.78, 5) is 25.3. The molecule has 1 heterocycles. The van der Waals surface area contributed by atoms with Crippen LogP contribution in [0.25, 0.3) is 0 Å². The summed E-state index contributed by atoms with van der Waals surface area (Å²) in [5.74, 6) is -3.41. The second kappa shape index (κ2) is 9.53. The van der Waals surface area contributed by atoms with Crippen molar-refractivity contribution in [2.75, 3.05) is 5.32 Å². The predicted molar refractivity (Wildman–Crippen MR) is 95.1 cm³/mol. The molecular formula is C17H17F2NO3S2. The molecule has 0 aliphatic rings. The van der Waals surface area contributed by atoms with Gasteiger partial charge in [-0.3, -0.25) is 9.59 Å². The van der Waals surface area contributed by atoms with Crippen molar-refractivity contribution in [3.63, 3.8) is 0 Å². The van der Waals surface area contributed by atoms with Crippen LogP contribution in [0.4, 0.5) is 14.5 Å². The third-order valence-corrected chi connectivity index (χ3v) is 4.84. The van der Waals surface area contributed by atoms with Gasteiger partial charge in [-0.2, -0.15) is 8.78 Å². The van der Waals surface area contributed by atoms with Gasteiger partial charge in [0.25, 0.3) is 11.7 Å². The molecule has 134 valence electrons. The third-order valence-electron chi connectivity index (χ3n) is 3.18. The predicted octanol–water partition coefficient (Wildman–Crippen LogP) is 4.57. The van der Waals surface area contributed by atoms with E-state index in [1.165, 1.54) is 31.2 Å². The molecule has 0 spiro atoms. The largest absolute Gasteiger partial charge is 0.453 e. The highest BCUT2D eigenvalue weighted by Crippen LogP contribution is 2.26.